The molecule has 1 heteroatoms. The highest BCUT2D eigenvalue weighted by atomic mass is 16.1. The van der Waals surface area contributed by atoms with Crippen LogP contribution in [-0.2, 0) is 4.79 Å². The zero-order valence-corrected chi connectivity index (χ0v) is 9.16. The molecule has 0 heterocycles. The standard InChI is InChI=1S/C13H18O/c1-9(6-7-14)12-10-4-5-11(8-10)13(12,2)3/h4-7,10-12H,8H2,1-3H3/b9-6+. The predicted molar refractivity (Wildman–Crippen MR) is 57.8 cm³/mol. The number of aldehydes is 1. The van der Waals surface area contributed by atoms with Gasteiger partial charge >= 0.3 is 0 Å². The number of carbonyl (C=O) groups excluding carboxylic acids is 1. The molecule has 1 nitrogen and oxygen atoms in total. The van der Waals surface area contributed by atoms with Crippen molar-refractivity contribution in [3.05, 3.63) is 23.8 Å². The second kappa shape index (κ2) is 3.08. The van der Waals surface area contributed by atoms with E-state index in [4.69, 9.17) is 0 Å². The van der Waals surface area contributed by atoms with E-state index in [-0.39, 0.29) is 0 Å². The van der Waals surface area contributed by atoms with Crippen molar-refractivity contribution in [2.24, 2.45) is 23.2 Å². The molecule has 2 aliphatic carbocycles. The van der Waals surface area contributed by atoms with Gasteiger partial charge in [0, 0.05) is 0 Å². The number of hydrogen-bond acceptors (Lipinski definition) is 1. The molecule has 14 heavy (non-hydrogen) atoms. The Balaban J connectivity index is 2.32. The van der Waals surface area contributed by atoms with Gasteiger partial charge in [-0.3, -0.25) is 4.79 Å². The lowest BCUT2D eigenvalue weighted by atomic mass is 9.68. The molecule has 2 bridgehead atoms. The van der Waals surface area contributed by atoms with Crippen LogP contribution in [-0.4, -0.2) is 6.29 Å². The second-order valence-corrected chi connectivity index (χ2v) is 5.24. The third-order valence-corrected chi connectivity index (χ3v) is 4.12. The van der Waals surface area contributed by atoms with Gasteiger partial charge in [0.25, 0.3) is 0 Å². The van der Waals surface area contributed by atoms with Crippen molar-refractivity contribution in [3.63, 3.8) is 0 Å². The largest absolute Gasteiger partial charge is 0.299 e. The third kappa shape index (κ3) is 1.18. The maximum atomic E-state index is 10.5. The van der Waals surface area contributed by atoms with Gasteiger partial charge in [0.2, 0.25) is 0 Å². The fourth-order valence-electron chi connectivity index (χ4n) is 3.44. The van der Waals surface area contributed by atoms with Gasteiger partial charge in [-0.05, 0) is 42.6 Å². The minimum Gasteiger partial charge on any atom is -0.299 e. The van der Waals surface area contributed by atoms with E-state index in [0.29, 0.717) is 23.2 Å². The van der Waals surface area contributed by atoms with Gasteiger partial charge in [-0.25, -0.2) is 0 Å². The first-order chi connectivity index (χ1) is 6.57. The maximum absolute atomic E-state index is 10.5. The zero-order valence-electron chi connectivity index (χ0n) is 9.16. The Labute approximate surface area is 85.9 Å². The van der Waals surface area contributed by atoms with E-state index >= 15 is 0 Å². The van der Waals surface area contributed by atoms with E-state index in [0.717, 1.165) is 6.29 Å². The molecule has 0 spiro atoms. The first-order valence-electron chi connectivity index (χ1n) is 5.37. The molecule has 0 aromatic carbocycles. The maximum Gasteiger partial charge on any atom is 0.142 e. The molecule has 2 aliphatic rings. The van der Waals surface area contributed by atoms with Crippen LogP contribution in [0.2, 0.25) is 0 Å². The van der Waals surface area contributed by atoms with Crippen LogP contribution in [0, 0.1) is 23.2 Å². The van der Waals surface area contributed by atoms with Crippen LogP contribution < -0.4 is 0 Å². The van der Waals surface area contributed by atoms with E-state index in [1.54, 1.807) is 6.08 Å². The van der Waals surface area contributed by atoms with Crippen LogP contribution in [0.4, 0.5) is 0 Å². The summed E-state index contributed by atoms with van der Waals surface area (Å²) in [5.74, 6) is 1.96. The van der Waals surface area contributed by atoms with Crippen molar-refractivity contribution in [2.75, 3.05) is 0 Å². The molecule has 0 amide bonds. The highest BCUT2D eigenvalue weighted by Gasteiger charge is 2.50. The SMILES string of the molecule is C/C(=C\C=O)C1C2C=CC(C2)C1(C)C. The zero-order chi connectivity index (χ0) is 10.3. The minimum atomic E-state index is 0.336. The highest BCUT2D eigenvalue weighted by Crippen LogP contribution is 2.58. The molecule has 0 aliphatic heterocycles. The molecular weight excluding hydrogens is 172 g/mol. The molecule has 0 N–H and O–H groups in total. The van der Waals surface area contributed by atoms with Crippen LogP contribution in [0.1, 0.15) is 27.2 Å². The summed E-state index contributed by atoms with van der Waals surface area (Å²) in [6, 6.07) is 0. The molecule has 0 aromatic heterocycles. The summed E-state index contributed by atoms with van der Waals surface area (Å²) in [6.07, 6.45) is 8.63. The van der Waals surface area contributed by atoms with E-state index < -0.39 is 0 Å². The van der Waals surface area contributed by atoms with Gasteiger partial charge < -0.3 is 0 Å². The molecule has 3 unspecified atom stereocenters. The van der Waals surface area contributed by atoms with E-state index in [9.17, 15) is 4.79 Å². The van der Waals surface area contributed by atoms with Crippen molar-refractivity contribution in [3.8, 4) is 0 Å². The molecule has 0 radical (unpaired) electrons. The fraction of sp³-hybridized carbons (Fsp3) is 0.615. The van der Waals surface area contributed by atoms with Crippen LogP contribution in [0.5, 0.6) is 0 Å². The lowest BCUT2D eigenvalue weighted by Crippen LogP contribution is -2.29. The topological polar surface area (TPSA) is 17.1 Å². The monoisotopic (exact) mass is 190 g/mol. The molecular formula is C13H18O. The second-order valence-electron chi connectivity index (χ2n) is 5.24. The normalized spacial score (nSPS) is 39.1. The van der Waals surface area contributed by atoms with Gasteiger partial charge in [-0.15, -0.1) is 0 Å². The van der Waals surface area contributed by atoms with Crippen molar-refractivity contribution < 1.29 is 4.79 Å². The van der Waals surface area contributed by atoms with Gasteiger partial charge in [0.1, 0.15) is 6.29 Å². The van der Waals surface area contributed by atoms with Crippen molar-refractivity contribution in [1.29, 1.82) is 0 Å². The smallest absolute Gasteiger partial charge is 0.142 e. The van der Waals surface area contributed by atoms with Crippen molar-refractivity contribution >= 4 is 6.29 Å². The van der Waals surface area contributed by atoms with Crippen molar-refractivity contribution in [1.82, 2.24) is 0 Å². The van der Waals surface area contributed by atoms with Gasteiger partial charge in [0.15, 0.2) is 0 Å². The Hall–Kier alpha value is -0.850. The third-order valence-electron chi connectivity index (χ3n) is 4.12. The van der Waals surface area contributed by atoms with Crippen LogP contribution >= 0.6 is 0 Å². The quantitative estimate of drug-likeness (QED) is 0.371. The molecule has 76 valence electrons. The predicted octanol–water partition coefficient (Wildman–Crippen LogP) is 2.98. The summed E-state index contributed by atoms with van der Waals surface area (Å²) < 4.78 is 0. The molecule has 0 saturated heterocycles. The van der Waals surface area contributed by atoms with Crippen LogP contribution in [0.3, 0.4) is 0 Å². The van der Waals surface area contributed by atoms with E-state index in [2.05, 4.69) is 32.9 Å². The number of carbonyl (C=O) groups is 1. The van der Waals surface area contributed by atoms with E-state index in [1.807, 2.05) is 0 Å². The summed E-state index contributed by atoms with van der Waals surface area (Å²) in [5.41, 5.74) is 1.59. The van der Waals surface area contributed by atoms with Crippen LogP contribution in [0.25, 0.3) is 0 Å². The van der Waals surface area contributed by atoms with Crippen LogP contribution in [0.15, 0.2) is 23.8 Å². The lowest BCUT2D eigenvalue weighted by molar-refractivity contribution is -0.104. The van der Waals surface area contributed by atoms with E-state index in [1.165, 1.54) is 12.0 Å². The molecule has 1 fully saturated rings. The lowest BCUT2D eigenvalue weighted by Gasteiger charge is -2.36. The minimum absolute atomic E-state index is 0.336. The Morgan fingerprint density at radius 3 is 2.64 bits per heavy atom. The molecule has 0 aromatic rings. The fourth-order valence-corrected chi connectivity index (χ4v) is 3.44. The summed E-state index contributed by atoms with van der Waals surface area (Å²) in [6.45, 7) is 6.75. The first kappa shape index (κ1) is 9.70. The highest BCUT2D eigenvalue weighted by molar-refractivity contribution is 5.66. The Morgan fingerprint density at radius 2 is 2.14 bits per heavy atom. The number of rotatable bonds is 2. The first-order valence-corrected chi connectivity index (χ1v) is 5.37. The van der Waals surface area contributed by atoms with Gasteiger partial charge in [-0.2, -0.15) is 0 Å². The number of hydrogen-bond donors (Lipinski definition) is 0. The summed E-state index contributed by atoms with van der Waals surface area (Å²) >= 11 is 0. The molecule has 1 saturated carbocycles. The van der Waals surface area contributed by atoms with Crippen molar-refractivity contribution in [2.45, 2.75) is 27.2 Å². The molecule has 2 rings (SSSR count). The number of allylic oxidation sites excluding steroid dienone is 4. The molecule has 3 atom stereocenters. The Morgan fingerprint density at radius 1 is 1.43 bits per heavy atom. The van der Waals surface area contributed by atoms with Gasteiger partial charge in [-0.1, -0.05) is 31.6 Å². The Kier molecular flexibility index (Phi) is 2.13. The van der Waals surface area contributed by atoms with Gasteiger partial charge in [0.05, 0.1) is 0 Å². The summed E-state index contributed by atoms with van der Waals surface area (Å²) in [4.78, 5) is 10.5. The summed E-state index contributed by atoms with van der Waals surface area (Å²) in [5, 5.41) is 0. The number of fused-ring (bicyclic) bond motifs is 2. The average molecular weight is 190 g/mol. The Bertz CT molecular complexity index is 309. The summed E-state index contributed by atoms with van der Waals surface area (Å²) in [7, 11) is 0. The average Bonchev–Trinajstić information content (AvgIpc) is 2.61.